The highest BCUT2D eigenvalue weighted by Crippen LogP contribution is 2.17. The molecule has 0 radical (unpaired) electrons. The van der Waals surface area contributed by atoms with Gasteiger partial charge >= 0.3 is 0 Å². The van der Waals surface area contributed by atoms with Crippen LogP contribution in [0.1, 0.15) is 5.56 Å². The third kappa shape index (κ3) is 4.08. The van der Waals surface area contributed by atoms with Crippen LogP contribution in [0.4, 0.5) is 10.1 Å². The summed E-state index contributed by atoms with van der Waals surface area (Å²) >= 11 is 5.82. The fraction of sp³-hybridized carbons (Fsp3) is 0.214. The number of benzene rings is 1. The molecule has 0 spiro atoms. The van der Waals surface area contributed by atoms with Gasteiger partial charge in [0.1, 0.15) is 12.4 Å². The summed E-state index contributed by atoms with van der Waals surface area (Å²) in [7, 11) is 0. The fourth-order valence-electron chi connectivity index (χ4n) is 1.60. The molecule has 1 aromatic carbocycles. The molecule has 2 aromatic rings. The largest absolute Gasteiger partial charge is 0.475 e. The van der Waals surface area contributed by atoms with Crippen molar-refractivity contribution in [1.82, 2.24) is 4.98 Å². The lowest BCUT2D eigenvalue weighted by atomic mass is 10.2. The van der Waals surface area contributed by atoms with Crippen molar-refractivity contribution in [2.24, 2.45) is 0 Å². The van der Waals surface area contributed by atoms with Gasteiger partial charge in [0, 0.05) is 23.2 Å². The van der Waals surface area contributed by atoms with E-state index < -0.39 is 0 Å². The van der Waals surface area contributed by atoms with Crippen molar-refractivity contribution in [3.8, 4) is 5.88 Å². The zero-order valence-corrected chi connectivity index (χ0v) is 11.4. The van der Waals surface area contributed by atoms with Crippen LogP contribution < -0.4 is 10.1 Å². The SMILES string of the molecule is OCCOc1ccc(NCc2cc(Cl)ccc2F)cn1. The third-order valence-corrected chi connectivity index (χ3v) is 2.80. The van der Waals surface area contributed by atoms with E-state index in [9.17, 15) is 4.39 Å². The molecule has 4 nitrogen and oxygen atoms in total. The molecule has 0 amide bonds. The molecule has 0 aliphatic rings. The van der Waals surface area contributed by atoms with Crippen molar-refractivity contribution in [3.63, 3.8) is 0 Å². The minimum atomic E-state index is -0.308. The summed E-state index contributed by atoms with van der Waals surface area (Å²) in [5.41, 5.74) is 1.22. The lowest BCUT2D eigenvalue weighted by Gasteiger charge is -2.08. The maximum atomic E-state index is 13.5. The number of nitrogens with one attached hydrogen (secondary N) is 1. The molecule has 6 heteroatoms. The van der Waals surface area contributed by atoms with Crippen molar-refractivity contribution < 1.29 is 14.2 Å². The van der Waals surface area contributed by atoms with Crippen LogP contribution in [0.5, 0.6) is 5.88 Å². The molecule has 2 N–H and O–H groups in total. The summed E-state index contributed by atoms with van der Waals surface area (Å²) in [6, 6.07) is 7.86. The number of aliphatic hydroxyl groups is 1. The van der Waals surface area contributed by atoms with Gasteiger partial charge in [0.25, 0.3) is 0 Å². The number of hydrogen-bond acceptors (Lipinski definition) is 4. The van der Waals surface area contributed by atoms with E-state index in [4.69, 9.17) is 21.4 Å². The highest BCUT2D eigenvalue weighted by Gasteiger charge is 2.03. The Morgan fingerprint density at radius 2 is 2.15 bits per heavy atom. The van der Waals surface area contributed by atoms with Gasteiger partial charge in [-0.05, 0) is 24.3 Å². The van der Waals surface area contributed by atoms with Crippen molar-refractivity contribution in [2.45, 2.75) is 6.54 Å². The van der Waals surface area contributed by atoms with Gasteiger partial charge in [-0.1, -0.05) is 11.6 Å². The first-order valence-electron chi connectivity index (χ1n) is 6.06. The highest BCUT2D eigenvalue weighted by atomic mass is 35.5. The number of ether oxygens (including phenoxy) is 1. The highest BCUT2D eigenvalue weighted by molar-refractivity contribution is 6.30. The molecular formula is C14H14ClFN2O2. The zero-order valence-electron chi connectivity index (χ0n) is 10.6. The average Bonchev–Trinajstić information content (AvgIpc) is 2.47. The molecule has 2 rings (SSSR count). The maximum Gasteiger partial charge on any atom is 0.213 e. The van der Waals surface area contributed by atoms with Gasteiger partial charge in [0.2, 0.25) is 5.88 Å². The summed E-state index contributed by atoms with van der Waals surface area (Å²) in [6.45, 7) is 0.453. The molecular weight excluding hydrogens is 283 g/mol. The molecule has 0 saturated heterocycles. The monoisotopic (exact) mass is 296 g/mol. The van der Waals surface area contributed by atoms with E-state index in [1.807, 2.05) is 0 Å². The van der Waals surface area contributed by atoms with E-state index in [2.05, 4.69) is 10.3 Å². The molecule has 106 valence electrons. The Labute approximate surface area is 121 Å². The number of anilines is 1. The Hall–Kier alpha value is -1.85. The average molecular weight is 297 g/mol. The van der Waals surface area contributed by atoms with Crippen molar-refractivity contribution in [1.29, 1.82) is 0 Å². The number of aliphatic hydroxyl groups excluding tert-OH is 1. The van der Waals surface area contributed by atoms with Gasteiger partial charge in [-0.25, -0.2) is 9.37 Å². The number of hydrogen-bond donors (Lipinski definition) is 2. The maximum absolute atomic E-state index is 13.5. The van der Waals surface area contributed by atoms with E-state index in [0.717, 1.165) is 5.69 Å². The molecule has 0 atom stereocenters. The Morgan fingerprint density at radius 3 is 2.85 bits per heavy atom. The van der Waals surface area contributed by atoms with Gasteiger partial charge in [-0.15, -0.1) is 0 Å². The lowest BCUT2D eigenvalue weighted by molar-refractivity contribution is 0.196. The number of rotatable bonds is 6. The molecule has 0 unspecified atom stereocenters. The summed E-state index contributed by atoms with van der Waals surface area (Å²) in [5.74, 6) is 0.122. The van der Waals surface area contributed by atoms with Crippen LogP contribution in [-0.4, -0.2) is 23.3 Å². The predicted octanol–water partition coefficient (Wildman–Crippen LogP) is 2.86. The van der Waals surface area contributed by atoms with E-state index >= 15 is 0 Å². The Bertz CT molecular complexity index is 564. The summed E-state index contributed by atoms with van der Waals surface area (Å²) < 4.78 is 18.7. The first-order chi connectivity index (χ1) is 9.69. The first-order valence-corrected chi connectivity index (χ1v) is 6.44. The topological polar surface area (TPSA) is 54.4 Å². The number of halogens is 2. The number of nitrogens with zero attached hydrogens (tertiary/aromatic N) is 1. The van der Waals surface area contributed by atoms with E-state index in [1.165, 1.54) is 12.1 Å². The normalized spacial score (nSPS) is 10.3. The van der Waals surface area contributed by atoms with Gasteiger partial charge in [0.05, 0.1) is 18.5 Å². The molecule has 20 heavy (non-hydrogen) atoms. The molecule has 1 heterocycles. The Morgan fingerprint density at radius 1 is 1.30 bits per heavy atom. The van der Waals surface area contributed by atoms with Crippen LogP contribution in [0.15, 0.2) is 36.5 Å². The van der Waals surface area contributed by atoms with Crippen molar-refractivity contribution in [2.75, 3.05) is 18.5 Å². The minimum Gasteiger partial charge on any atom is -0.475 e. The fourth-order valence-corrected chi connectivity index (χ4v) is 1.79. The predicted molar refractivity (Wildman–Crippen MR) is 75.6 cm³/mol. The van der Waals surface area contributed by atoms with Crippen LogP contribution in [0.2, 0.25) is 5.02 Å². The molecule has 1 aromatic heterocycles. The molecule has 0 aliphatic carbocycles. The summed E-state index contributed by atoms with van der Waals surface area (Å²) in [6.07, 6.45) is 1.58. The van der Waals surface area contributed by atoms with E-state index in [1.54, 1.807) is 24.4 Å². The van der Waals surface area contributed by atoms with Gasteiger partial charge in [0.15, 0.2) is 0 Å². The lowest BCUT2D eigenvalue weighted by Crippen LogP contribution is -2.04. The second kappa shape index (κ2) is 7.07. The van der Waals surface area contributed by atoms with Gasteiger partial charge in [-0.2, -0.15) is 0 Å². The molecule has 0 saturated carbocycles. The van der Waals surface area contributed by atoms with Gasteiger partial charge in [-0.3, -0.25) is 0 Å². The van der Waals surface area contributed by atoms with Gasteiger partial charge < -0.3 is 15.2 Å². The summed E-state index contributed by atoms with van der Waals surface area (Å²) in [5, 5.41) is 12.2. The summed E-state index contributed by atoms with van der Waals surface area (Å²) in [4.78, 5) is 4.05. The second-order valence-corrected chi connectivity index (χ2v) is 4.48. The zero-order chi connectivity index (χ0) is 14.4. The first kappa shape index (κ1) is 14.6. The number of aromatic nitrogens is 1. The molecule has 0 fully saturated rings. The van der Waals surface area contributed by atoms with E-state index in [0.29, 0.717) is 23.0 Å². The second-order valence-electron chi connectivity index (χ2n) is 4.05. The third-order valence-electron chi connectivity index (χ3n) is 2.57. The van der Waals surface area contributed by atoms with Crippen LogP contribution in [-0.2, 0) is 6.54 Å². The van der Waals surface area contributed by atoms with Crippen molar-refractivity contribution >= 4 is 17.3 Å². The van der Waals surface area contributed by atoms with Crippen LogP contribution in [0, 0.1) is 5.82 Å². The molecule has 0 aliphatic heterocycles. The van der Waals surface area contributed by atoms with E-state index in [-0.39, 0.29) is 19.0 Å². The van der Waals surface area contributed by atoms with Crippen LogP contribution >= 0.6 is 11.6 Å². The van der Waals surface area contributed by atoms with Crippen LogP contribution in [0.3, 0.4) is 0 Å². The minimum absolute atomic E-state index is 0.0598. The van der Waals surface area contributed by atoms with Crippen molar-refractivity contribution in [3.05, 3.63) is 52.9 Å². The Balaban J connectivity index is 1.95. The Kier molecular flexibility index (Phi) is 5.15. The quantitative estimate of drug-likeness (QED) is 0.861. The number of pyridine rings is 1. The standard InChI is InChI=1S/C14H14ClFN2O2/c15-11-1-3-13(16)10(7-11)8-17-12-2-4-14(18-9-12)20-6-5-19/h1-4,7,9,17,19H,5-6,8H2. The molecule has 0 bridgehead atoms. The smallest absolute Gasteiger partial charge is 0.213 e. The van der Waals surface area contributed by atoms with Crippen LogP contribution in [0.25, 0.3) is 0 Å².